The van der Waals surface area contributed by atoms with Crippen LogP contribution in [0, 0.1) is 0 Å². The molecular formula is C37H31N3. The Hall–Kier alpha value is -4.63. The van der Waals surface area contributed by atoms with Crippen LogP contribution in [-0.2, 0) is 0 Å². The molecule has 2 aliphatic heterocycles. The smallest absolute Gasteiger partial charge is 0.211 e. The summed E-state index contributed by atoms with van der Waals surface area (Å²) in [6.07, 6.45) is 0. The molecule has 0 spiro atoms. The van der Waals surface area contributed by atoms with E-state index in [4.69, 9.17) is 4.99 Å². The third kappa shape index (κ3) is 3.03. The number of nitrogens with zero attached hydrogens (tertiary/aromatic N) is 3. The summed E-state index contributed by atoms with van der Waals surface area (Å²) in [6.45, 7) is 9.14. The fraction of sp³-hybridized carbons (Fsp3) is 0.162. The van der Waals surface area contributed by atoms with E-state index >= 15 is 0 Å². The van der Waals surface area contributed by atoms with Crippen molar-refractivity contribution in [2.75, 3.05) is 9.80 Å². The van der Waals surface area contributed by atoms with Crippen molar-refractivity contribution in [3.05, 3.63) is 115 Å². The molecule has 0 N–H and O–H groups in total. The monoisotopic (exact) mass is 517 g/mol. The van der Waals surface area contributed by atoms with E-state index in [1.54, 1.807) is 0 Å². The number of aliphatic imine (C=N–C) groups is 1. The van der Waals surface area contributed by atoms with E-state index in [2.05, 4.69) is 153 Å². The third-order valence-corrected chi connectivity index (χ3v) is 9.37. The molecule has 194 valence electrons. The molecule has 0 aromatic heterocycles. The second-order valence-electron chi connectivity index (χ2n) is 12.1. The lowest BCUT2D eigenvalue weighted by Crippen LogP contribution is -2.53. The van der Waals surface area contributed by atoms with Gasteiger partial charge in [-0.25, -0.2) is 4.99 Å². The molecule has 2 heterocycles. The second kappa shape index (κ2) is 7.95. The fourth-order valence-corrected chi connectivity index (χ4v) is 6.62. The van der Waals surface area contributed by atoms with Crippen LogP contribution in [0.3, 0.4) is 0 Å². The number of anilines is 3. The summed E-state index contributed by atoms with van der Waals surface area (Å²) in [6, 6.07) is 41.9. The van der Waals surface area contributed by atoms with Crippen molar-refractivity contribution in [3.63, 3.8) is 0 Å². The molecule has 3 nitrogen and oxygen atoms in total. The normalized spacial score (nSPS) is 16.9. The standard InChI is InChI=1S/C37H31N3/c1-36(2)37(3,4)40-34-23-32-30-20-11-9-18-28(30)27-17-8-10-19-29(27)31(32)22-33(34)39(35(40)38-36)26-16-12-15-25(21-26)24-13-6-5-7-14-24/h5-23H,1-4H3. The van der Waals surface area contributed by atoms with Crippen LogP contribution >= 0.6 is 0 Å². The van der Waals surface area contributed by atoms with Crippen LogP contribution in [0.2, 0.25) is 0 Å². The van der Waals surface area contributed by atoms with Crippen molar-refractivity contribution < 1.29 is 0 Å². The quantitative estimate of drug-likeness (QED) is 0.213. The number of guanidine groups is 1. The predicted octanol–water partition coefficient (Wildman–Crippen LogP) is 9.70. The third-order valence-electron chi connectivity index (χ3n) is 9.37. The summed E-state index contributed by atoms with van der Waals surface area (Å²) >= 11 is 0. The van der Waals surface area contributed by atoms with Gasteiger partial charge in [-0.2, -0.15) is 0 Å². The lowest BCUT2D eigenvalue weighted by Gasteiger charge is -2.39. The maximum absolute atomic E-state index is 5.39. The molecule has 8 rings (SSSR count). The summed E-state index contributed by atoms with van der Waals surface area (Å²) in [7, 11) is 0. The van der Waals surface area contributed by atoms with Gasteiger partial charge in [-0.15, -0.1) is 0 Å². The average Bonchev–Trinajstić information content (AvgIpc) is 3.38. The van der Waals surface area contributed by atoms with E-state index in [1.165, 1.54) is 54.8 Å². The van der Waals surface area contributed by atoms with Gasteiger partial charge in [0.05, 0.1) is 22.5 Å². The van der Waals surface area contributed by atoms with Gasteiger partial charge >= 0.3 is 0 Å². The summed E-state index contributed by atoms with van der Waals surface area (Å²) in [5.41, 5.74) is 5.48. The molecule has 0 aliphatic carbocycles. The minimum atomic E-state index is -0.254. The topological polar surface area (TPSA) is 18.8 Å². The van der Waals surface area contributed by atoms with E-state index in [0.29, 0.717) is 0 Å². The Morgan fingerprint density at radius 2 is 1.02 bits per heavy atom. The number of hydrogen-bond donors (Lipinski definition) is 0. The maximum atomic E-state index is 5.39. The van der Waals surface area contributed by atoms with E-state index in [0.717, 1.165) is 11.6 Å². The summed E-state index contributed by atoms with van der Waals surface area (Å²) in [4.78, 5) is 10.2. The first-order valence-electron chi connectivity index (χ1n) is 14.1. The highest BCUT2D eigenvalue weighted by atomic mass is 15.5. The first-order chi connectivity index (χ1) is 19.3. The zero-order valence-corrected chi connectivity index (χ0v) is 23.3. The van der Waals surface area contributed by atoms with Crippen LogP contribution in [0.15, 0.2) is 120 Å². The fourth-order valence-electron chi connectivity index (χ4n) is 6.62. The number of benzene rings is 6. The number of rotatable bonds is 2. The van der Waals surface area contributed by atoms with Crippen molar-refractivity contribution in [2.24, 2.45) is 4.99 Å². The minimum Gasteiger partial charge on any atom is -0.302 e. The zero-order chi connectivity index (χ0) is 27.2. The molecule has 6 aromatic rings. The highest BCUT2D eigenvalue weighted by Gasteiger charge is 2.55. The first-order valence-corrected chi connectivity index (χ1v) is 14.1. The number of fused-ring (bicyclic) bond motifs is 9. The molecule has 40 heavy (non-hydrogen) atoms. The lowest BCUT2D eigenvalue weighted by molar-refractivity contribution is 0.338. The molecule has 0 saturated heterocycles. The molecule has 0 saturated carbocycles. The van der Waals surface area contributed by atoms with Gasteiger partial charge in [-0.3, -0.25) is 4.90 Å². The highest BCUT2D eigenvalue weighted by Crippen LogP contribution is 2.54. The molecule has 0 amide bonds. The van der Waals surface area contributed by atoms with Gasteiger partial charge in [0.1, 0.15) is 0 Å². The van der Waals surface area contributed by atoms with Crippen LogP contribution in [0.1, 0.15) is 27.7 Å². The van der Waals surface area contributed by atoms with E-state index < -0.39 is 0 Å². The lowest BCUT2D eigenvalue weighted by atomic mass is 9.83. The van der Waals surface area contributed by atoms with Gasteiger partial charge in [0.2, 0.25) is 5.96 Å². The molecule has 0 radical (unpaired) electrons. The Morgan fingerprint density at radius 1 is 0.500 bits per heavy atom. The summed E-state index contributed by atoms with van der Waals surface area (Å²) in [5.74, 6) is 0.999. The van der Waals surface area contributed by atoms with Crippen molar-refractivity contribution in [2.45, 2.75) is 38.8 Å². The molecule has 0 atom stereocenters. The molecule has 0 bridgehead atoms. The van der Waals surface area contributed by atoms with Crippen molar-refractivity contribution in [3.8, 4) is 11.1 Å². The van der Waals surface area contributed by atoms with Gasteiger partial charge in [0.15, 0.2) is 0 Å². The Bertz CT molecular complexity index is 2020. The molecule has 0 unspecified atom stereocenters. The van der Waals surface area contributed by atoms with E-state index in [1.807, 2.05) is 0 Å². The van der Waals surface area contributed by atoms with Gasteiger partial charge in [-0.05, 0) is 95.4 Å². The van der Waals surface area contributed by atoms with Gasteiger partial charge in [0.25, 0.3) is 0 Å². The summed E-state index contributed by atoms with van der Waals surface area (Å²) in [5, 5.41) is 7.72. The Morgan fingerprint density at radius 3 is 1.65 bits per heavy atom. The predicted molar refractivity (Wildman–Crippen MR) is 171 cm³/mol. The Balaban J connectivity index is 1.45. The van der Waals surface area contributed by atoms with Gasteiger partial charge < -0.3 is 4.90 Å². The summed E-state index contributed by atoms with van der Waals surface area (Å²) < 4.78 is 0. The van der Waals surface area contributed by atoms with Crippen LogP contribution in [0.5, 0.6) is 0 Å². The molecule has 6 aromatic carbocycles. The maximum Gasteiger partial charge on any atom is 0.211 e. The minimum absolute atomic E-state index is 0.205. The molecule has 2 aliphatic rings. The molecule has 0 fully saturated rings. The van der Waals surface area contributed by atoms with Crippen molar-refractivity contribution in [1.82, 2.24) is 0 Å². The SMILES string of the molecule is CC1(C)N=C2N(c3cccc(-c4ccccc4)c3)c3cc4c5ccccc5c5ccccc5c4cc3N2C1(C)C. The highest BCUT2D eigenvalue weighted by molar-refractivity contribution is 6.30. The van der Waals surface area contributed by atoms with E-state index in [9.17, 15) is 0 Å². The Labute approximate surface area is 235 Å². The zero-order valence-electron chi connectivity index (χ0n) is 23.3. The number of hydrogen-bond acceptors (Lipinski definition) is 3. The largest absolute Gasteiger partial charge is 0.302 e. The van der Waals surface area contributed by atoms with E-state index in [-0.39, 0.29) is 11.1 Å². The molecular weight excluding hydrogens is 486 g/mol. The van der Waals surface area contributed by atoms with Crippen molar-refractivity contribution in [1.29, 1.82) is 0 Å². The average molecular weight is 518 g/mol. The van der Waals surface area contributed by atoms with Crippen LogP contribution in [0.4, 0.5) is 17.1 Å². The first kappa shape index (κ1) is 23.3. The van der Waals surface area contributed by atoms with Crippen LogP contribution in [0.25, 0.3) is 43.4 Å². The second-order valence-corrected chi connectivity index (χ2v) is 12.1. The van der Waals surface area contributed by atoms with Crippen LogP contribution < -0.4 is 9.80 Å². The van der Waals surface area contributed by atoms with Crippen molar-refractivity contribution >= 4 is 55.3 Å². The van der Waals surface area contributed by atoms with Crippen LogP contribution in [-0.4, -0.2) is 17.0 Å². The van der Waals surface area contributed by atoms with Gasteiger partial charge in [-0.1, -0.05) is 91.0 Å². The Kier molecular flexibility index (Phi) is 4.63. The van der Waals surface area contributed by atoms with Gasteiger partial charge in [0, 0.05) is 5.69 Å². The molecule has 3 heteroatoms.